The summed E-state index contributed by atoms with van der Waals surface area (Å²) in [5.74, 6) is -0.0478. The molecule has 0 atom stereocenters. The molecular formula is C22H23BrN2O6S. The number of sulfone groups is 1. The average Bonchev–Trinajstić information content (AvgIpc) is 2.77. The fourth-order valence-electron chi connectivity index (χ4n) is 3.29. The first kappa shape index (κ1) is 23.8. The van der Waals surface area contributed by atoms with Gasteiger partial charge >= 0.3 is 0 Å². The molecule has 1 N–H and O–H groups in total. The molecule has 0 bridgehead atoms. The molecule has 2 aromatic carbocycles. The third kappa shape index (κ3) is 4.37. The minimum atomic E-state index is -4.37. The zero-order valence-electron chi connectivity index (χ0n) is 17.8. The molecule has 0 aliphatic carbocycles. The van der Waals surface area contributed by atoms with E-state index in [4.69, 9.17) is 9.47 Å². The maximum absolute atomic E-state index is 13.7. The number of benzene rings is 2. The summed E-state index contributed by atoms with van der Waals surface area (Å²) in [6.07, 6.45) is 1.81. The fourth-order valence-corrected chi connectivity index (χ4v) is 4.89. The van der Waals surface area contributed by atoms with Crippen LogP contribution in [0.3, 0.4) is 0 Å². The van der Waals surface area contributed by atoms with Crippen molar-refractivity contribution in [3.63, 3.8) is 0 Å². The lowest BCUT2D eigenvalue weighted by atomic mass is 10.2. The Morgan fingerprint density at radius 2 is 1.66 bits per heavy atom. The largest absolute Gasteiger partial charge is 0.494 e. The highest BCUT2D eigenvalue weighted by Crippen LogP contribution is 2.34. The van der Waals surface area contributed by atoms with E-state index in [0.29, 0.717) is 28.8 Å². The number of nitrogens with zero attached hydrogens (tertiary/aromatic N) is 2. The van der Waals surface area contributed by atoms with Gasteiger partial charge in [0.1, 0.15) is 23.0 Å². The summed E-state index contributed by atoms with van der Waals surface area (Å²) in [5.41, 5.74) is -0.720. The van der Waals surface area contributed by atoms with Gasteiger partial charge in [0.2, 0.25) is 15.7 Å². The third-order valence-corrected chi connectivity index (χ3v) is 7.18. The van der Waals surface area contributed by atoms with Crippen molar-refractivity contribution in [2.75, 3.05) is 14.2 Å². The van der Waals surface area contributed by atoms with Crippen LogP contribution in [-0.4, -0.2) is 37.3 Å². The lowest BCUT2D eigenvalue weighted by molar-refractivity contribution is 0.386. The van der Waals surface area contributed by atoms with Gasteiger partial charge in [0.25, 0.3) is 5.56 Å². The van der Waals surface area contributed by atoms with Crippen molar-refractivity contribution in [2.24, 2.45) is 0 Å². The fraction of sp³-hybridized carbons (Fsp3) is 0.273. The van der Waals surface area contributed by atoms with E-state index in [1.165, 1.54) is 38.5 Å². The molecule has 10 heteroatoms. The van der Waals surface area contributed by atoms with E-state index < -0.39 is 26.2 Å². The van der Waals surface area contributed by atoms with E-state index in [0.717, 1.165) is 11.0 Å². The molecule has 0 aliphatic rings. The van der Waals surface area contributed by atoms with Crippen molar-refractivity contribution in [1.29, 1.82) is 0 Å². The van der Waals surface area contributed by atoms with Crippen LogP contribution in [0.2, 0.25) is 0 Å². The van der Waals surface area contributed by atoms with E-state index in [2.05, 4.69) is 20.9 Å². The minimum absolute atomic E-state index is 0.144. The highest BCUT2D eigenvalue weighted by Gasteiger charge is 2.31. The van der Waals surface area contributed by atoms with Crippen molar-refractivity contribution in [1.82, 2.24) is 9.55 Å². The summed E-state index contributed by atoms with van der Waals surface area (Å²) in [4.78, 5) is 16.8. The Labute approximate surface area is 194 Å². The number of aryl methyl sites for hydroxylation is 1. The summed E-state index contributed by atoms with van der Waals surface area (Å²) < 4.78 is 39.3. The zero-order chi connectivity index (χ0) is 23.5. The number of aromatic nitrogens is 2. The smallest absolute Gasteiger partial charge is 0.281 e. The highest BCUT2D eigenvalue weighted by molar-refractivity contribution is 9.10. The topological polar surface area (TPSA) is 108 Å². The Kier molecular flexibility index (Phi) is 7.25. The molecule has 0 aliphatic heterocycles. The lowest BCUT2D eigenvalue weighted by Gasteiger charge is -2.19. The van der Waals surface area contributed by atoms with Crippen LogP contribution < -0.4 is 15.0 Å². The number of rotatable bonds is 8. The number of methoxy groups -OCH3 is 2. The van der Waals surface area contributed by atoms with Crippen LogP contribution in [0.1, 0.15) is 25.6 Å². The summed E-state index contributed by atoms with van der Waals surface area (Å²) in [6, 6.07) is 10.7. The van der Waals surface area contributed by atoms with Gasteiger partial charge in [0.15, 0.2) is 4.90 Å². The minimum Gasteiger partial charge on any atom is -0.494 e. The van der Waals surface area contributed by atoms with E-state index in [1.807, 2.05) is 6.92 Å². The second kappa shape index (κ2) is 9.74. The molecule has 32 heavy (non-hydrogen) atoms. The van der Waals surface area contributed by atoms with Gasteiger partial charge in [-0.2, -0.15) is 4.98 Å². The van der Waals surface area contributed by atoms with Crippen LogP contribution in [0, 0.1) is 0 Å². The predicted molar refractivity (Wildman–Crippen MR) is 123 cm³/mol. The molecule has 0 saturated heterocycles. The standard InChI is InChI=1S/C22H23BrN2O6S/c1-4-5-9-18-24-21(26)20(32(28,29)15-12-10-14(23)11-13-15)22(27)25(18)19-16(30-2)7-6-8-17(19)31-3/h6-8,10-13,26H,4-5,9H2,1-3H3. The summed E-state index contributed by atoms with van der Waals surface area (Å²) >= 11 is 3.25. The molecule has 0 fully saturated rings. The van der Waals surface area contributed by atoms with Crippen LogP contribution in [0.25, 0.3) is 5.69 Å². The van der Waals surface area contributed by atoms with Crippen molar-refractivity contribution >= 4 is 25.8 Å². The molecule has 0 unspecified atom stereocenters. The Hall–Kier alpha value is -2.85. The number of aromatic hydroxyl groups is 1. The van der Waals surface area contributed by atoms with Crippen molar-refractivity contribution in [3.8, 4) is 23.1 Å². The Balaban J connectivity index is 2.40. The third-order valence-electron chi connectivity index (χ3n) is 4.87. The van der Waals surface area contributed by atoms with Gasteiger partial charge in [-0.15, -0.1) is 0 Å². The Bertz CT molecular complexity index is 1260. The van der Waals surface area contributed by atoms with Crippen LogP contribution in [-0.2, 0) is 16.3 Å². The van der Waals surface area contributed by atoms with Crippen molar-refractivity contribution in [3.05, 3.63) is 63.1 Å². The van der Waals surface area contributed by atoms with Gasteiger partial charge in [0.05, 0.1) is 19.1 Å². The van der Waals surface area contributed by atoms with Crippen LogP contribution in [0.5, 0.6) is 17.4 Å². The van der Waals surface area contributed by atoms with E-state index in [9.17, 15) is 18.3 Å². The molecule has 3 rings (SSSR count). The summed E-state index contributed by atoms with van der Waals surface area (Å²) in [5, 5.41) is 10.6. The lowest BCUT2D eigenvalue weighted by Crippen LogP contribution is -2.29. The highest BCUT2D eigenvalue weighted by atomic mass is 79.9. The Morgan fingerprint density at radius 1 is 1.06 bits per heavy atom. The molecular weight excluding hydrogens is 500 g/mol. The first-order chi connectivity index (χ1) is 15.3. The molecule has 1 aromatic heterocycles. The quantitative estimate of drug-likeness (QED) is 0.477. The SMILES string of the molecule is CCCCc1nc(O)c(S(=O)(=O)c2ccc(Br)cc2)c(=O)n1-c1c(OC)cccc1OC. The van der Waals surface area contributed by atoms with Crippen LogP contribution in [0.4, 0.5) is 0 Å². The zero-order valence-corrected chi connectivity index (χ0v) is 20.2. The van der Waals surface area contributed by atoms with Gasteiger partial charge in [0, 0.05) is 10.9 Å². The molecule has 1 heterocycles. The molecule has 0 saturated carbocycles. The van der Waals surface area contributed by atoms with Crippen LogP contribution in [0.15, 0.2) is 61.5 Å². The van der Waals surface area contributed by atoms with Gasteiger partial charge in [-0.3, -0.25) is 9.36 Å². The monoisotopic (exact) mass is 522 g/mol. The van der Waals surface area contributed by atoms with Crippen molar-refractivity contribution in [2.45, 2.75) is 36.0 Å². The maximum Gasteiger partial charge on any atom is 0.281 e. The number of para-hydroxylation sites is 1. The second-order valence-corrected chi connectivity index (χ2v) is 9.70. The van der Waals surface area contributed by atoms with Crippen LogP contribution >= 0.6 is 15.9 Å². The molecule has 170 valence electrons. The molecule has 3 aromatic rings. The van der Waals surface area contributed by atoms with Gasteiger partial charge < -0.3 is 14.6 Å². The summed E-state index contributed by atoms with van der Waals surface area (Å²) in [6.45, 7) is 1.97. The van der Waals surface area contributed by atoms with Gasteiger partial charge in [-0.05, 0) is 42.8 Å². The Morgan fingerprint density at radius 3 is 2.19 bits per heavy atom. The molecule has 8 nitrogen and oxygen atoms in total. The number of hydrogen-bond acceptors (Lipinski definition) is 7. The number of ether oxygens (including phenoxy) is 2. The van der Waals surface area contributed by atoms with E-state index in [-0.39, 0.29) is 16.4 Å². The first-order valence-corrected chi connectivity index (χ1v) is 12.1. The van der Waals surface area contributed by atoms with Gasteiger partial charge in [-0.1, -0.05) is 35.3 Å². The normalized spacial score (nSPS) is 11.4. The predicted octanol–water partition coefficient (Wildman–Crippen LogP) is 3.89. The van der Waals surface area contributed by atoms with E-state index >= 15 is 0 Å². The first-order valence-electron chi connectivity index (χ1n) is 9.83. The van der Waals surface area contributed by atoms with E-state index in [1.54, 1.807) is 18.2 Å². The van der Waals surface area contributed by atoms with Gasteiger partial charge in [-0.25, -0.2) is 8.42 Å². The average molecular weight is 523 g/mol. The number of halogens is 1. The molecule has 0 spiro atoms. The molecule has 0 radical (unpaired) electrons. The number of unbranched alkanes of at least 4 members (excludes halogenated alkanes) is 1. The number of hydrogen-bond donors (Lipinski definition) is 1. The van der Waals surface area contributed by atoms with Crippen molar-refractivity contribution < 1.29 is 23.0 Å². The molecule has 0 amide bonds. The summed E-state index contributed by atoms with van der Waals surface area (Å²) in [7, 11) is -1.51. The second-order valence-electron chi connectivity index (χ2n) is 6.89. The maximum atomic E-state index is 13.7.